The molecule has 0 amide bonds. The number of benzene rings is 18. The summed E-state index contributed by atoms with van der Waals surface area (Å²) in [5.74, 6) is 5.09. The highest BCUT2D eigenvalue weighted by Crippen LogP contribution is 2.46. The maximum absolute atomic E-state index is 7.71. The molecule has 18 aromatic carbocycles. The van der Waals surface area contributed by atoms with Crippen LogP contribution in [-0.4, -0.2) is 58.6 Å². The Balaban J connectivity index is 0.000000110. The maximum atomic E-state index is 7.71. The fourth-order valence-corrected chi connectivity index (χ4v) is 19.1. The van der Waals surface area contributed by atoms with Gasteiger partial charge in [-0.2, -0.15) is 0 Å². The van der Waals surface area contributed by atoms with Crippen molar-refractivity contribution in [3.63, 3.8) is 0 Å². The Morgan fingerprint density at radius 2 is 0.464 bits per heavy atom. The number of hydrogen-bond donors (Lipinski definition) is 0. The lowest BCUT2D eigenvalue weighted by atomic mass is 10.1. The summed E-state index contributed by atoms with van der Waals surface area (Å²) in [4.78, 5) is 56.2. The molecule has 0 aliphatic carbocycles. The van der Waals surface area contributed by atoms with Crippen LogP contribution in [0.1, 0.15) is 0 Å². The van der Waals surface area contributed by atoms with Crippen molar-refractivity contribution < 1.29 is 13.3 Å². The number of rotatable bonds is 12. The molecule has 18 nitrogen and oxygen atoms in total. The molecule has 0 spiro atoms. The molecule has 642 valence electrons. The second kappa shape index (κ2) is 33.6. The van der Waals surface area contributed by atoms with Gasteiger partial charge in [-0.1, -0.05) is 261 Å². The molecule has 0 fully saturated rings. The normalized spacial score (nSPS) is 11.5. The zero-order valence-corrected chi connectivity index (χ0v) is 73.3. The molecule has 27 rings (SSSR count). The summed E-state index contributed by atoms with van der Waals surface area (Å²) in [6.07, 6.45) is 0. The molecule has 0 radical (unpaired) electrons. The van der Waals surface area contributed by atoms with E-state index < -0.39 is 0 Å². The van der Waals surface area contributed by atoms with Gasteiger partial charge in [0.25, 0.3) is 0 Å². The molecule has 0 N–H and O–H groups in total. The Morgan fingerprint density at radius 1 is 0.181 bits per heavy atom. The molecule has 0 aliphatic rings. The molecule has 0 saturated heterocycles. The summed E-state index contributed by atoms with van der Waals surface area (Å²) in [6.45, 7) is 23.0. The van der Waals surface area contributed by atoms with Crippen LogP contribution in [0.5, 0.6) is 0 Å². The Labute approximate surface area is 787 Å². The van der Waals surface area contributed by atoms with E-state index in [1.807, 2.05) is 218 Å². The average Bonchev–Trinajstić information content (AvgIpc) is 1.35. The van der Waals surface area contributed by atoms with Crippen LogP contribution in [-0.2, 0) is 0 Å². The van der Waals surface area contributed by atoms with E-state index in [0.717, 1.165) is 165 Å². The fourth-order valence-electron chi connectivity index (χ4n) is 19.1. The van der Waals surface area contributed by atoms with E-state index in [0.29, 0.717) is 103 Å². The highest BCUT2D eigenvalue weighted by Gasteiger charge is 2.26. The molecule has 0 bridgehead atoms. The number of furan rings is 3. The van der Waals surface area contributed by atoms with E-state index in [-0.39, 0.29) is 0 Å². The summed E-state index contributed by atoms with van der Waals surface area (Å²) in [7, 11) is 0. The molecule has 9 heterocycles. The number of nitrogens with zero attached hydrogens (tertiary/aromatic N) is 15. The first-order valence-corrected chi connectivity index (χ1v) is 45.0. The number of aromatic nitrogens is 12. The molecular formula is C120H69N15O3. The fraction of sp³-hybridized carbons (Fsp3) is 0. The van der Waals surface area contributed by atoms with Gasteiger partial charge in [-0.15, -0.1) is 0 Å². The van der Waals surface area contributed by atoms with Gasteiger partial charge >= 0.3 is 0 Å². The second-order valence-corrected chi connectivity index (χ2v) is 33.5. The van der Waals surface area contributed by atoms with E-state index in [1.54, 1.807) is 0 Å². The van der Waals surface area contributed by atoms with Crippen LogP contribution in [0.2, 0.25) is 0 Å². The van der Waals surface area contributed by atoms with Crippen molar-refractivity contribution in [1.29, 1.82) is 0 Å². The lowest BCUT2D eigenvalue weighted by Gasteiger charge is -2.10. The van der Waals surface area contributed by atoms with E-state index in [2.05, 4.69) is 228 Å². The van der Waals surface area contributed by atoms with Crippen LogP contribution in [0.4, 0.5) is 17.1 Å². The average molecular weight is 1770 g/mol. The van der Waals surface area contributed by atoms with Crippen molar-refractivity contribution in [2.45, 2.75) is 0 Å². The minimum Gasteiger partial charge on any atom is -0.457 e. The van der Waals surface area contributed by atoms with Crippen LogP contribution in [0.3, 0.4) is 0 Å². The second-order valence-electron chi connectivity index (χ2n) is 33.5. The predicted molar refractivity (Wildman–Crippen MR) is 552 cm³/mol. The first-order valence-electron chi connectivity index (χ1n) is 45.0. The van der Waals surface area contributed by atoms with Gasteiger partial charge in [-0.05, 0) is 158 Å². The molecule has 0 saturated carbocycles. The molecular weight excluding hydrogens is 1700 g/mol. The summed E-state index contributed by atoms with van der Waals surface area (Å²) in [6, 6.07) is 140. The van der Waals surface area contributed by atoms with Gasteiger partial charge in [0, 0.05) is 126 Å². The van der Waals surface area contributed by atoms with E-state index >= 15 is 0 Å². The smallest absolute Gasteiger partial charge is 0.198 e. The molecule has 18 heteroatoms. The van der Waals surface area contributed by atoms with Crippen molar-refractivity contribution >= 4 is 148 Å². The van der Waals surface area contributed by atoms with E-state index in [9.17, 15) is 0 Å². The van der Waals surface area contributed by atoms with E-state index in [4.69, 9.17) is 77.8 Å². The van der Waals surface area contributed by atoms with Crippen LogP contribution < -0.4 is 0 Å². The Morgan fingerprint density at radius 3 is 0.855 bits per heavy atom. The SMILES string of the molecule is [C-]#[N+]c1cccc2oc3c(-c4nc(-c5ccccc5)nc(-c5ccc6c(c5)c5ccccc5n6-c5ccccc5)n4)cccc3c12.[C-]#[N+]c1cccc2oc3cc(-c4nc(-c5ccccc5)nc(-c5ccc6c(c5)c5ccccc5n6-c5ccccc5)n4)ccc3c12.[C-]#[N+]c1cccc2oc3ccc(-c4nc(-c5ccccc5)nc(-c5ccc6c(c5)c5ccccc5n6-c5ccccc5)n4)cc3c12. The molecule has 9 aromatic heterocycles. The number of hydrogen-bond acceptors (Lipinski definition) is 12. The number of para-hydroxylation sites is 7. The molecule has 27 aromatic rings. The maximum Gasteiger partial charge on any atom is 0.198 e. The Hall–Kier alpha value is -19.7. The van der Waals surface area contributed by atoms with Crippen molar-refractivity contribution in [2.75, 3.05) is 0 Å². The third-order valence-corrected chi connectivity index (χ3v) is 25.4. The topological polar surface area (TPSA) is 183 Å². The third kappa shape index (κ3) is 14.0. The van der Waals surface area contributed by atoms with Gasteiger partial charge < -0.3 is 27.0 Å². The van der Waals surface area contributed by atoms with Gasteiger partial charge in [-0.3, -0.25) is 0 Å². The lowest BCUT2D eigenvalue weighted by Crippen LogP contribution is -2.00. The molecule has 0 atom stereocenters. The standard InChI is InChI=1S/3C40H23N5O/c1-41-32-19-11-21-35-36(32)29-17-10-18-30(37(29)46-35)40-43-38(25-12-4-2-5-13-25)42-39(44-40)26-22-23-34-31(24-26)28-16-8-9-20-33(28)45(34)27-14-6-3-7-15-27;1-41-32-16-10-18-35-37(32)30-21-19-27(24-36(30)46-35)40-43-38(25-11-4-2-5-12-25)42-39(44-40)26-20-22-34-31(23-26)29-15-8-9-17-33(29)45(34)28-13-6-3-7-14-28;1-41-32-16-10-18-36-37(32)31-24-27(20-22-35(31)46-36)40-43-38(25-11-4-2-5-12-25)42-39(44-40)26-19-21-34-30(23-26)29-15-8-9-17-33(29)45(34)28-13-6-3-7-14-28/h3*2-24H. The lowest BCUT2D eigenvalue weighted by molar-refractivity contribution is 0.668. The van der Waals surface area contributed by atoms with Crippen LogP contribution in [0.25, 0.3) is 265 Å². The Kier molecular flexibility index (Phi) is 19.5. The van der Waals surface area contributed by atoms with Crippen LogP contribution >= 0.6 is 0 Å². The minimum atomic E-state index is 0.504. The summed E-state index contributed by atoms with van der Waals surface area (Å²) < 4.78 is 25.5. The Bertz CT molecular complexity index is 9680. The summed E-state index contributed by atoms with van der Waals surface area (Å²) >= 11 is 0. The van der Waals surface area contributed by atoms with Crippen LogP contribution in [0.15, 0.2) is 432 Å². The van der Waals surface area contributed by atoms with Gasteiger partial charge in [0.2, 0.25) is 0 Å². The quantitative estimate of drug-likeness (QED) is 0.106. The first kappa shape index (κ1) is 80.3. The summed E-state index contributed by atoms with van der Waals surface area (Å²) in [5.41, 5.74) is 23.6. The largest absolute Gasteiger partial charge is 0.457 e. The van der Waals surface area contributed by atoms with Crippen LogP contribution in [0, 0.1) is 19.7 Å². The zero-order valence-electron chi connectivity index (χ0n) is 73.3. The van der Waals surface area contributed by atoms with Crippen molar-refractivity contribution in [1.82, 2.24) is 58.6 Å². The van der Waals surface area contributed by atoms with Gasteiger partial charge in [-0.25, -0.2) is 59.4 Å². The van der Waals surface area contributed by atoms with E-state index in [1.165, 1.54) is 0 Å². The third-order valence-electron chi connectivity index (χ3n) is 25.4. The van der Waals surface area contributed by atoms with Crippen molar-refractivity contribution in [3.8, 4) is 120 Å². The van der Waals surface area contributed by atoms with Crippen molar-refractivity contribution in [3.05, 3.63) is 453 Å². The van der Waals surface area contributed by atoms with Gasteiger partial charge in [0.15, 0.2) is 69.5 Å². The minimum absolute atomic E-state index is 0.504. The summed E-state index contributed by atoms with van der Waals surface area (Å²) in [5, 5.41) is 11.9. The van der Waals surface area contributed by atoms with Gasteiger partial charge in [0.1, 0.15) is 33.5 Å². The molecule has 138 heavy (non-hydrogen) atoms. The predicted octanol–water partition coefficient (Wildman–Crippen LogP) is 31.3. The van der Waals surface area contributed by atoms with Gasteiger partial charge in [0.05, 0.1) is 58.4 Å². The van der Waals surface area contributed by atoms with Crippen molar-refractivity contribution in [2.24, 2.45) is 0 Å². The first-order chi connectivity index (χ1) is 68.3. The number of fused-ring (bicyclic) bond motifs is 18. The molecule has 0 unspecified atom stereocenters. The highest BCUT2D eigenvalue weighted by atomic mass is 16.3. The monoisotopic (exact) mass is 1770 g/mol. The molecule has 0 aliphatic heterocycles. The zero-order chi connectivity index (χ0) is 91.8. The highest BCUT2D eigenvalue weighted by molar-refractivity contribution is 6.18.